The van der Waals surface area contributed by atoms with Gasteiger partial charge in [-0.2, -0.15) is 37.9 Å². The summed E-state index contributed by atoms with van der Waals surface area (Å²) in [5, 5.41) is 1.56. The van der Waals surface area contributed by atoms with Gasteiger partial charge in [0.25, 0.3) is 0 Å². The predicted molar refractivity (Wildman–Crippen MR) is 56.8 cm³/mol. The van der Waals surface area contributed by atoms with E-state index in [1.807, 2.05) is 0 Å². The summed E-state index contributed by atoms with van der Waals surface area (Å²) in [6.45, 7) is 0. The van der Waals surface area contributed by atoms with Crippen molar-refractivity contribution in [2.24, 2.45) is 0 Å². The molecule has 1 rings (SSSR count). The second kappa shape index (κ2) is 4.17. The first-order chi connectivity index (χ1) is 4.70. The number of hydrogen-bond acceptors (Lipinski definition) is 3. The average Bonchev–Trinajstić information content (AvgIpc) is 2.04. The minimum Gasteiger partial charge on any atom is -0.176 e. The van der Waals surface area contributed by atoms with Crippen LogP contribution in [-0.4, -0.2) is 15.7 Å². The topological polar surface area (TPSA) is 0 Å². The molecule has 0 aromatic carbocycles. The van der Waals surface area contributed by atoms with E-state index in [0.717, 1.165) is 0 Å². The van der Waals surface area contributed by atoms with Crippen molar-refractivity contribution in [1.82, 2.24) is 0 Å². The van der Waals surface area contributed by atoms with Crippen LogP contribution in [-0.2, 0) is 0 Å². The van der Waals surface area contributed by atoms with Gasteiger partial charge >= 0.3 is 0 Å². The normalized spacial score (nSPS) is 42.9. The Hall–Kier alpha value is 1.05. The van der Waals surface area contributed by atoms with Gasteiger partial charge in [-0.05, 0) is 25.7 Å². The van der Waals surface area contributed by atoms with Crippen LogP contribution in [0.15, 0.2) is 0 Å². The molecule has 1 fully saturated rings. The Morgan fingerprint density at radius 1 is 0.700 bits per heavy atom. The molecule has 0 N–H and O–H groups in total. The average molecular weight is 194 g/mol. The molecule has 1 saturated carbocycles. The molecule has 10 heavy (non-hydrogen) atoms. The van der Waals surface area contributed by atoms with Gasteiger partial charge in [-0.3, -0.25) is 0 Å². The van der Waals surface area contributed by atoms with Gasteiger partial charge in [0.1, 0.15) is 0 Å². The highest BCUT2D eigenvalue weighted by atomic mass is 32.1. The van der Waals surface area contributed by atoms with E-state index in [1.54, 1.807) is 0 Å². The van der Waals surface area contributed by atoms with Crippen LogP contribution in [0, 0.1) is 0 Å². The zero-order valence-corrected chi connectivity index (χ0v) is 8.59. The maximum absolute atomic E-state index is 4.46. The predicted octanol–water partition coefficient (Wildman–Crippen LogP) is 2.46. The molecule has 2 unspecified atom stereocenters. The van der Waals surface area contributed by atoms with Crippen LogP contribution in [0.25, 0.3) is 0 Å². The second-order valence-electron chi connectivity index (χ2n) is 2.94. The van der Waals surface area contributed by atoms with Gasteiger partial charge in [0, 0.05) is 15.7 Å². The lowest BCUT2D eigenvalue weighted by Crippen LogP contribution is -2.12. The van der Waals surface area contributed by atoms with E-state index in [-0.39, 0.29) is 0 Å². The molecule has 0 amide bonds. The van der Waals surface area contributed by atoms with Gasteiger partial charge in [0.05, 0.1) is 0 Å². The Balaban J connectivity index is 2.38. The summed E-state index contributed by atoms with van der Waals surface area (Å²) in [5.41, 5.74) is 0. The molecule has 0 aromatic heterocycles. The summed E-state index contributed by atoms with van der Waals surface area (Å²) >= 11 is 13.4. The number of hydrogen-bond donors (Lipinski definition) is 3. The van der Waals surface area contributed by atoms with E-state index < -0.39 is 0 Å². The lowest BCUT2D eigenvalue weighted by molar-refractivity contribution is 0.727. The summed E-state index contributed by atoms with van der Waals surface area (Å²) in [6.07, 6.45) is 4.75. The zero-order chi connectivity index (χ0) is 7.56. The molecule has 1 aliphatic carbocycles. The third kappa shape index (κ3) is 2.59. The summed E-state index contributed by atoms with van der Waals surface area (Å²) in [5.74, 6) is 0. The molecule has 0 aromatic rings. The van der Waals surface area contributed by atoms with Crippen molar-refractivity contribution in [1.29, 1.82) is 0 Å². The van der Waals surface area contributed by atoms with E-state index in [0.29, 0.717) is 15.7 Å². The van der Waals surface area contributed by atoms with E-state index >= 15 is 0 Å². The number of rotatable bonds is 0. The minimum atomic E-state index is 0.487. The van der Waals surface area contributed by atoms with Gasteiger partial charge in [-0.1, -0.05) is 0 Å². The van der Waals surface area contributed by atoms with Crippen LogP contribution in [0.5, 0.6) is 0 Å². The molecule has 0 spiro atoms. The molecule has 0 radical (unpaired) electrons. The van der Waals surface area contributed by atoms with Gasteiger partial charge in [-0.25, -0.2) is 0 Å². The molecule has 60 valence electrons. The Labute approximate surface area is 79.4 Å². The van der Waals surface area contributed by atoms with Gasteiger partial charge < -0.3 is 0 Å². The fourth-order valence-corrected chi connectivity index (χ4v) is 2.15. The van der Waals surface area contributed by atoms with E-state index in [4.69, 9.17) is 0 Å². The summed E-state index contributed by atoms with van der Waals surface area (Å²) in [7, 11) is 0. The minimum absolute atomic E-state index is 0.487. The highest BCUT2D eigenvalue weighted by Crippen LogP contribution is 2.27. The van der Waals surface area contributed by atoms with Crippen LogP contribution in [0.3, 0.4) is 0 Å². The summed E-state index contributed by atoms with van der Waals surface area (Å²) < 4.78 is 0. The standard InChI is InChI=1S/C7H14S3/c8-5-1-3-6(9)7(10)4-2-5/h5-10H,1-4H2. The quantitative estimate of drug-likeness (QED) is 0.383. The monoisotopic (exact) mass is 194 g/mol. The van der Waals surface area contributed by atoms with Crippen molar-refractivity contribution < 1.29 is 0 Å². The molecule has 0 nitrogen and oxygen atoms in total. The molecular formula is C7H14S3. The first-order valence-corrected chi connectivity index (χ1v) is 5.29. The van der Waals surface area contributed by atoms with Crippen molar-refractivity contribution >= 4 is 37.9 Å². The second-order valence-corrected chi connectivity index (χ2v) is 5.00. The van der Waals surface area contributed by atoms with E-state index in [9.17, 15) is 0 Å². The first kappa shape index (κ1) is 9.14. The van der Waals surface area contributed by atoms with Gasteiger partial charge in [0.2, 0.25) is 0 Å². The highest BCUT2D eigenvalue weighted by Gasteiger charge is 2.20. The largest absolute Gasteiger partial charge is 0.176 e. The molecule has 0 bridgehead atoms. The highest BCUT2D eigenvalue weighted by molar-refractivity contribution is 7.85. The van der Waals surface area contributed by atoms with E-state index in [2.05, 4.69) is 37.9 Å². The summed E-state index contributed by atoms with van der Waals surface area (Å²) in [4.78, 5) is 0. The van der Waals surface area contributed by atoms with Crippen LogP contribution in [0.1, 0.15) is 25.7 Å². The lowest BCUT2D eigenvalue weighted by Gasteiger charge is -2.12. The number of thiol groups is 3. The van der Waals surface area contributed by atoms with Crippen molar-refractivity contribution in [2.45, 2.75) is 41.4 Å². The molecule has 1 aliphatic rings. The van der Waals surface area contributed by atoms with Gasteiger partial charge in [-0.15, -0.1) is 0 Å². The Morgan fingerprint density at radius 3 is 1.50 bits per heavy atom. The Morgan fingerprint density at radius 2 is 1.10 bits per heavy atom. The van der Waals surface area contributed by atoms with Crippen LogP contribution in [0.2, 0.25) is 0 Å². The van der Waals surface area contributed by atoms with Crippen molar-refractivity contribution in [3.63, 3.8) is 0 Å². The van der Waals surface area contributed by atoms with Crippen molar-refractivity contribution in [2.75, 3.05) is 0 Å². The smallest absolute Gasteiger partial charge is 0.0134 e. The fourth-order valence-electron chi connectivity index (χ4n) is 1.26. The van der Waals surface area contributed by atoms with E-state index in [1.165, 1.54) is 25.7 Å². The third-order valence-corrected chi connectivity index (χ3v) is 4.02. The van der Waals surface area contributed by atoms with Crippen molar-refractivity contribution in [3.05, 3.63) is 0 Å². The van der Waals surface area contributed by atoms with Crippen LogP contribution in [0.4, 0.5) is 0 Å². The fraction of sp³-hybridized carbons (Fsp3) is 1.00. The molecule has 3 heteroatoms. The Kier molecular flexibility index (Phi) is 3.81. The third-order valence-electron chi connectivity index (χ3n) is 2.04. The Bertz CT molecular complexity index is 93.0. The van der Waals surface area contributed by atoms with Crippen LogP contribution >= 0.6 is 37.9 Å². The maximum atomic E-state index is 4.46. The molecular weight excluding hydrogens is 180 g/mol. The molecule has 2 atom stereocenters. The van der Waals surface area contributed by atoms with Crippen molar-refractivity contribution in [3.8, 4) is 0 Å². The van der Waals surface area contributed by atoms with Gasteiger partial charge in [0.15, 0.2) is 0 Å². The lowest BCUT2D eigenvalue weighted by atomic mass is 10.2. The maximum Gasteiger partial charge on any atom is 0.0134 e. The summed E-state index contributed by atoms with van der Waals surface area (Å²) in [6, 6.07) is 0. The first-order valence-electron chi connectivity index (χ1n) is 3.74. The molecule has 0 saturated heterocycles. The van der Waals surface area contributed by atoms with Crippen LogP contribution < -0.4 is 0 Å². The molecule has 0 heterocycles. The zero-order valence-electron chi connectivity index (χ0n) is 5.90. The molecule has 0 aliphatic heterocycles. The SMILES string of the molecule is SC1CCC(S)C(S)CC1.